The Labute approximate surface area is 82.7 Å². The van der Waals surface area contributed by atoms with Crippen molar-refractivity contribution in [1.82, 2.24) is 0 Å². The number of hydrogen-bond acceptors (Lipinski definition) is 3. The van der Waals surface area contributed by atoms with Gasteiger partial charge in [0, 0.05) is 13.1 Å². The topological polar surface area (TPSA) is 58.4 Å². The molecule has 4 nitrogen and oxygen atoms in total. The van der Waals surface area contributed by atoms with Crippen molar-refractivity contribution in [3.63, 3.8) is 0 Å². The Kier molecular flexibility index (Phi) is 2.37. The predicted molar refractivity (Wildman–Crippen MR) is 56.3 cm³/mol. The van der Waals surface area contributed by atoms with Gasteiger partial charge >= 0.3 is 0 Å². The van der Waals surface area contributed by atoms with Gasteiger partial charge in [-0.3, -0.25) is 4.79 Å². The minimum atomic E-state index is 0.0779. The largest absolute Gasteiger partial charge is 0.374 e. The lowest BCUT2D eigenvalue weighted by Crippen LogP contribution is -2.42. The number of hydrogen-bond donors (Lipinski definition) is 2. The number of amides is 1. The highest BCUT2D eigenvalue weighted by atomic mass is 16.2. The normalized spacial score (nSPS) is 14.9. The molecule has 0 aromatic heterocycles. The van der Waals surface area contributed by atoms with Gasteiger partial charge in [0.2, 0.25) is 5.91 Å². The molecule has 2 rings (SSSR count). The summed E-state index contributed by atoms with van der Waals surface area (Å²) in [7, 11) is 0. The second-order valence-corrected chi connectivity index (χ2v) is 3.20. The van der Waals surface area contributed by atoms with Crippen LogP contribution < -0.4 is 16.0 Å². The Bertz CT molecular complexity index is 351. The van der Waals surface area contributed by atoms with Crippen LogP contribution in [0.5, 0.6) is 0 Å². The Hall–Kier alpha value is -1.55. The maximum Gasteiger partial charge on any atom is 0.246 e. The van der Waals surface area contributed by atoms with Crippen LogP contribution in [-0.2, 0) is 4.79 Å². The molecule has 1 heterocycles. The summed E-state index contributed by atoms with van der Waals surface area (Å²) in [6.45, 7) is 1.43. The zero-order valence-corrected chi connectivity index (χ0v) is 7.86. The smallest absolute Gasteiger partial charge is 0.246 e. The molecule has 74 valence electrons. The van der Waals surface area contributed by atoms with Crippen molar-refractivity contribution >= 4 is 17.3 Å². The fourth-order valence-corrected chi connectivity index (χ4v) is 1.63. The van der Waals surface area contributed by atoms with Crippen LogP contribution in [0.25, 0.3) is 0 Å². The molecule has 0 spiro atoms. The molecule has 0 saturated carbocycles. The van der Waals surface area contributed by atoms with Crippen LogP contribution in [0.2, 0.25) is 0 Å². The number of fused-ring (bicyclic) bond motifs is 1. The van der Waals surface area contributed by atoms with E-state index in [-0.39, 0.29) is 5.91 Å². The average Bonchev–Trinajstić information content (AvgIpc) is 2.23. The highest BCUT2D eigenvalue weighted by Gasteiger charge is 2.21. The van der Waals surface area contributed by atoms with Crippen LogP contribution in [0.4, 0.5) is 11.4 Å². The molecule has 0 fully saturated rings. The first kappa shape index (κ1) is 9.02. The fraction of sp³-hybridized carbons (Fsp3) is 0.300. The number of anilines is 2. The summed E-state index contributed by atoms with van der Waals surface area (Å²) in [4.78, 5) is 13.3. The van der Waals surface area contributed by atoms with Crippen molar-refractivity contribution in [1.29, 1.82) is 0 Å². The Morgan fingerprint density at radius 2 is 2.21 bits per heavy atom. The number of nitrogens with two attached hydrogens (primary N) is 1. The van der Waals surface area contributed by atoms with E-state index in [1.165, 1.54) is 0 Å². The van der Waals surface area contributed by atoms with Gasteiger partial charge in [-0.1, -0.05) is 12.1 Å². The minimum absolute atomic E-state index is 0.0779. The summed E-state index contributed by atoms with van der Waals surface area (Å²) >= 11 is 0. The molecular formula is C10H13N3O. The van der Waals surface area contributed by atoms with E-state index in [4.69, 9.17) is 5.73 Å². The standard InChI is InChI=1S/C10H13N3O/c11-5-6-13-9-4-2-1-3-8(9)12-7-10(13)14/h1-4,12H,5-7,11H2. The lowest BCUT2D eigenvalue weighted by atomic mass is 10.2. The number of nitrogens with one attached hydrogen (secondary N) is 1. The van der Waals surface area contributed by atoms with E-state index in [0.29, 0.717) is 19.6 Å². The van der Waals surface area contributed by atoms with Crippen molar-refractivity contribution in [3.05, 3.63) is 24.3 Å². The zero-order chi connectivity index (χ0) is 9.97. The second-order valence-electron chi connectivity index (χ2n) is 3.20. The Morgan fingerprint density at radius 1 is 1.43 bits per heavy atom. The maximum absolute atomic E-state index is 11.6. The van der Waals surface area contributed by atoms with E-state index in [1.807, 2.05) is 24.3 Å². The number of benzene rings is 1. The number of carbonyl (C=O) groups excluding carboxylic acids is 1. The van der Waals surface area contributed by atoms with Gasteiger partial charge in [0.1, 0.15) is 0 Å². The van der Waals surface area contributed by atoms with Crippen LogP contribution in [0.3, 0.4) is 0 Å². The zero-order valence-electron chi connectivity index (χ0n) is 7.86. The third kappa shape index (κ3) is 1.44. The predicted octanol–water partition coefficient (Wildman–Crippen LogP) is 0.404. The van der Waals surface area contributed by atoms with Crippen LogP contribution in [0.15, 0.2) is 24.3 Å². The lowest BCUT2D eigenvalue weighted by Gasteiger charge is -2.29. The van der Waals surface area contributed by atoms with E-state index < -0.39 is 0 Å². The molecule has 1 aromatic rings. The van der Waals surface area contributed by atoms with E-state index in [0.717, 1.165) is 11.4 Å². The van der Waals surface area contributed by atoms with Gasteiger partial charge in [-0.05, 0) is 12.1 Å². The average molecular weight is 191 g/mol. The summed E-state index contributed by atoms with van der Waals surface area (Å²) in [5.74, 6) is 0.0779. The number of rotatable bonds is 2. The van der Waals surface area contributed by atoms with Crippen molar-refractivity contribution in [2.45, 2.75) is 0 Å². The summed E-state index contributed by atoms with van der Waals surface area (Å²) in [6.07, 6.45) is 0. The Balaban J connectivity index is 2.36. The number of carbonyl (C=O) groups is 1. The van der Waals surface area contributed by atoms with E-state index >= 15 is 0 Å². The fourth-order valence-electron chi connectivity index (χ4n) is 1.63. The highest BCUT2D eigenvalue weighted by molar-refractivity contribution is 6.02. The van der Waals surface area contributed by atoms with Crippen molar-refractivity contribution in [3.8, 4) is 0 Å². The molecule has 0 aliphatic carbocycles. The molecule has 4 heteroatoms. The van der Waals surface area contributed by atoms with Gasteiger partial charge in [0.05, 0.1) is 17.9 Å². The molecule has 0 unspecified atom stereocenters. The molecule has 0 radical (unpaired) electrons. The van der Waals surface area contributed by atoms with Crippen molar-refractivity contribution < 1.29 is 4.79 Å². The summed E-state index contributed by atoms with van der Waals surface area (Å²) < 4.78 is 0. The molecule has 14 heavy (non-hydrogen) atoms. The summed E-state index contributed by atoms with van der Waals surface area (Å²) in [5, 5.41) is 3.07. The van der Waals surface area contributed by atoms with Crippen LogP contribution in [-0.4, -0.2) is 25.5 Å². The number of para-hydroxylation sites is 2. The highest BCUT2D eigenvalue weighted by Crippen LogP contribution is 2.28. The molecule has 1 aliphatic heterocycles. The second kappa shape index (κ2) is 3.67. The molecule has 3 N–H and O–H groups in total. The first-order valence-corrected chi connectivity index (χ1v) is 4.66. The summed E-state index contributed by atoms with van der Waals surface area (Å²) in [6, 6.07) is 7.76. The quantitative estimate of drug-likeness (QED) is 0.711. The van der Waals surface area contributed by atoms with E-state index in [2.05, 4.69) is 5.32 Å². The molecule has 1 aromatic carbocycles. The maximum atomic E-state index is 11.6. The van der Waals surface area contributed by atoms with E-state index in [1.54, 1.807) is 4.90 Å². The van der Waals surface area contributed by atoms with Gasteiger partial charge in [0.15, 0.2) is 0 Å². The minimum Gasteiger partial charge on any atom is -0.374 e. The summed E-state index contributed by atoms with van der Waals surface area (Å²) in [5.41, 5.74) is 7.39. The lowest BCUT2D eigenvalue weighted by molar-refractivity contribution is -0.117. The van der Waals surface area contributed by atoms with Gasteiger partial charge in [0.25, 0.3) is 0 Å². The third-order valence-corrected chi connectivity index (χ3v) is 2.28. The number of nitrogens with zero attached hydrogens (tertiary/aromatic N) is 1. The van der Waals surface area contributed by atoms with Gasteiger partial charge in [-0.15, -0.1) is 0 Å². The molecule has 1 aliphatic rings. The molecule has 0 atom stereocenters. The van der Waals surface area contributed by atoms with Crippen LogP contribution in [0, 0.1) is 0 Å². The first-order valence-electron chi connectivity index (χ1n) is 4.66. The Morgan fingerprint density at radius 3 is 3.00 bits per heavy atom. The van der Waals surface area contributed by atoms with Gasteiger partial charge in [-0.25, -0.2) is 0 Å². The molecular weight excluding hydrogens is 178 g/mol. The monoisotopic (exact) mass is 191 g/mol. The van der Waals surface area contributed by atoms with Crippen molar-refractivity contribution in [2.75, 3.05) is 29.9 Å². The molecule has 0 saturated heterocycles. The van der Waals surface area contributed by atoms with Gasteiger partial charge in [-0.2, -0.15) is 0 Å². The molecule has 0 bridgehead atoms. The van der Waals surface area contributed by atoms with Crippen LogP contribution >= 0.6 is 0 Å². The first-order chi connectivity index (χ1) is 6.83. The van der Waals surface area contributed by atoms with Gasteiger partial charge < -0.3 is 16.0 Å². The van der Waals surface area contributed by atoms with E-state index in [9.17, 15) is 4.79 Å². The SMILES string of the molecule is NCCN1C(=O)CNc2ccccc21. The van der Waals surface area contributed by atoms with Crippen LogP contribution in [0.1, 0.15) is 0 Å². The van der Waals surface area contributed by atoms with Crippen molar-refractivity contribution in [2.24, 2.45) is 5.73 Å². The third-order valence-electron chi connectivity index (χ3n) is 2.28. The molecule has 1 amide bonds.